The fraction of sp³-hybridized carbons (Fsp3) is 0.368. The highest BCUT2D eigenvalue weighted by molar-refractivity contribution is 5.84. The van der Waals surface area contributed by atoms with Crippen LogP contribution in [0.5, 0.6) is 23.0 Å². The summed E-state index contributed by atoms with van der Waals surface area (Å²) in [7, 11) is 4.68. The number of phenolic OH excluding ortho intramolecular Hbond substituents is 2. The van der Waals surface area contributed by atoms with Crippen LogP contribution in [-0.4, -0.2) is 42.7 Å². The number of fused-ring (bicyclic) bond motifs is 2. The molecular formula is C19H21NO5. The van der Waals surface area contributed by atoms with Crippen LogP contribution in [0.15, 0.2) is 18.2 Å². The maximum Gasteiger partial charge on any atom is 0.166 e. The van der Waals surface area contributed by atoms with E-state index in [2.05, 4.69) is 0 Å². The Balaban J connectivity index is 2.08. The number of phenols is 2. The number of aromatic hydroxyl groups is 2. The van der Waals surface area contributed by atoms with Crippen molar-refractivity contribution in [2.24, 2.45) is 0 Å². The van der Waals surface area contributed by atoms with Crippen molar-refractivity contribution in [3.05, 3.63) is 40.1 Å². The van der Waals surface area contributed by atoms with Crippen LogP contribution in [-0.2, 0) is 12.8 Å². The van der Waals surface area contributed by atoms with Crippen LogP contribution in [0.4, 0.5) is 0 Å². The third kappa shape index (κ3) is 2.18. The SMILES string of the molecule is COc1cc2c(cc1O)C[C@@H]1c3c(cc(OC)c(O)c3-2)CC[N+]1(C)[O-]. The fourth-order valence-corrected chi connectivity index (χ4v) is 4.18. The van der Waals surface area contributed by atoms with Crippen molar-refractivity contribution in [2.75, 3.05) is 27.8 Å². The summed E-state index contributed by atoms with van der Waals surface area (Å²) in [5.74, 6) is 0.794. The molecule has 1 heterocycles. The molecule has 6 heteroatoms. The van der Waals surface area contributed by atoms with E-state index < -0.39 is 4.65 Å². The quantitative estimate of drug-likeness (QED) is 0.647. The van der Waals surface area contributed by atoms with Crippen LogP contribution in [0.3, 0.4) is 0 Å². The van der Waals surface area contributed by atoms with Gasteiger partial charge in [0.15, 0.2) is 23.0 Å². The molecule has 1 unspecified atom stereocenters. The monoisotopic (exact) mass is 343 g/mol. The van der Waals surface area contributed by atoms with Crippen molar-refractivity contribution in [2.45, 2.75) is 18.9 Å². The first-order chi connectivity index (χ1) is 11.9. The van der Waals surface area contributed by atoms with Gasteiger partial charge in [0.05, 0.1) is 27.8 Å². The largest absolute Gasteiger partial charge is 0.633 e. The predicted molar refractivity (Wildman–Crippen MR) is 92.9 cm³/mol. The van der Waals surface area contributed by atoms with E-state index >= 15 is 0 Å². The summed E-state index contributed by atoms with van der Waals surface area (Å²) in [5.41, 5.74) is 4.16. The Labute approximate surface area is 146 Å². The van der Waals surface area contributed by atoms with Crippen LogP contribution in [0.2, 0.25) is 0 Å². The van der Waals surface area contributed by atoms with E-state index in [9.17, 15) is 15.4 Å². The molecule has 132 valence electrons. The highest BCUT2D eigenvalue weighted by atomic mass is 16.5. The maximum atomic E-state index is 13.1. The standard InChI is InChI=1S/C19H21NO5/c1-20(23)5-4-10-8-16(25-3)19(22)18-12-9-15(24-2)14(21)7-11(12)6-13(20)17(10)18/h7-9,13,21-22H,4-6H2,1-3H3/t13-,20?/m1/s1. The van der Waals surface area contributed by atoms with E-state index in [1.54, 1.807) is 19.2 Å². The Morgan fingerprint density at radius 2 is 1.80 bits per heavy atom. The highest BCUT2D eigenvalue weighted by Crippen LogP contribution is 2.54. The van der Waals surface area contributed by atoms with Crippen molar-refractivity contribution in [1.82, 2.24) is 0 Å². The zero-order chi connectivity index (χ0) is 17.9. The van der Waals surface area contributed by atoms with Gasteiger partial charge in [-0.05, 0) is 34.9 Å². The van der Waals surface area contributed by atoms with Crippen molar-refractivity contribution in [3.63, 3.8) is 0 Å². The van der Waals surface area contributed by atoms with Crippen molar-refractivity contribution in [1.29, 1.82) is 0 Å². The van der Waals surface area contributed by atoms with E-state index in [1.807, 2.05) is 6.07 Å². The van der Waals surface area contributed by atoms with E-state index in [0.717, 1.165) is 22.3 Å². The molecule has 25 heavy (non-hydrogen) atoms. The first-order valence-corrected chi connectivity index (χ1v) is 8.26. The highest BCUT2D eigenvalue weighted by Gasteiger charge is 2.41. The third-order valence-corrected chi connectivity index (χ3v) is 5.52. The van der Waals surface area contributed by atoms with Gasteiger partial charge >= 0.3 is 0 Å². The lowest BCUT2D eigenvalue weighted by Crippen LogP contribution is -2.48. The van der Waals surface area contributed by atoms with Crippen LogP contribution >= 0.6 is 0 Å². The number of likely N-dealkylation sites (N-methyl/N-ethyl adjacent to an activating group) is 1. The summed E-state index contributed by atoms with van der Waals surface area (Å²) in [6.07, 6.45) is 1.15. The van der Waals surface area contributed by atoms with Crippen molar-refractivity contribution >= 4 is 0 Å². The number of rotatable bonds is 2. The molecule has 0 saturated heterocycles. The van der Waals surface area contributed by atoms with Gasteiger partial charge in [0.1, 0.15) is 6.04 Å². The van der Waals surface area contributed by atoms with Gasteiger partial charge in [0.2, 0.25) is 0 Å². The summed E-state index contributed by atoms with van der Waals surface area (Å²) >= 11 is 0. The van der Waals surface area contributed by atoms with Crippen LogP contribution < -0.4 is 9.47 Å². The number of hydrogen-bond acceptors (Lipinski definition) is 5. The number of hydroxylamine groups is 3. The second-order valence-corrected chi connectivity index (χ2v) is 6.92. The minimum atomic E-state index is -0.391. The molecule has 2 atom stereocenters. The van der Waals surface area contributed by atoms with E-state index in [1.165, 1.54) is 14.2 Å². The van der Waals surface area contributed by atoms with Gasteiger partial charge in [-0.3, -0.25) is 0 Å². The minimum Gasteiger partial charge on any atom is -0.633 e. The number of nitrogens with zero attached hydrogens (tertiary/aromatic N) is 1. The predicted octanol–water partition coefficient (Wildman–Crippen LogP) is 2.88. The fourth-order valence-electron chi connectivity index (χ4n) is 4.18. The number of ether oxygens (including phenoxy) is 2. The molecule has 6 nitrogen and oxygen atoms in total. The normalized spacial score (nSPS) is 23.6. The lowest BCUT2D eigenvalue weighted by atomic mass is 9.76. The molecule has 1 aliphatic carbocycles. The number of hydrogen-bond donors (Lipinski definition) is 2. The smallest absolute Gasteiger partial charge is 0.166 e. The maximum absolute atomic E-state index is 13.1. The molecule has 0 radical (unpaired) electrons. The molecule has 0 saturated carbocycles. The lowest BCUT2D eigenvalue weighted by molar-refractivity contribution is -0.894. The molecule has 0 bridgehead atoms. The zero-order valence-corrected chi connectivity index (χ0v) is 14.5. The molecule has 2 N–H and O–H groups in total. The van der Waals surface area contributed by atoms with Crippen LogP contribution in [0.1, 0.15) is 22.7 Å². The molecule has 2 aromatic rings. The van der Waals surface area contributed by atoms with Gasteiger partial charge in [-0.15, -0.1) is 0 Å². The summed E-state index contributed by atoms with van der Waals surface area (Å²) < 4.78 is 10.2. The number of benzene rings is 2. The third-order valence-electron chi connectivity index (χ3n) is 5.52. The van der Waals surface area contributed by atoms with Gasteiger partial charge < -0.3 is 29.5 Å². The first-order valence-electron chi connectivity index (χ1n) is 8.26. The topological polar surface area (TPSA) is 82.0 Å². The molecule has 2 aliphatic rings. The average molecular weight is 343 g/mol. The van der Waals surface area contributed by atoms with E-state index in [4.69, 9.17) is 9.47 Å². The van der Waals surface area contributed by atoms with Gasteiger partial charge in [-0.1, -0.05) is 0 Å². The number of methoxy groups -OCH3 is 2. The summed E-state index contributed by atoms with van der Waals surface area (Å²) in [6.45, 7) is 0.475. The average Bonchev–Trinajstić information content (AvgIpc) is 2.58. The summed E-state index contributed by atoms with van der Waals surface area (Å²) in [4.78, 5) is 0. The van der Waals surface area contributed by atoms with Gasteiger partial charge in [-0.25, -0.2) is 0 Å². The second kappa shape index (κ2) is 5.28. The first kappa shape index (κ1) is 16.1. The minimum absolute atomic E-state index is 0.0295. The summed E-state index contributed by atoms with van der Waals surface area (Å²) in [6, 6.07) is 4.88. The molecule has 1 aliphatic heterocycles. The summed E-state index contributed by atoms with van der Waals surface area (Å²) in [5, 5.41) is 34.0. The molecule has 4 rings (SSSR count). The Morgan fingerprint density at radius 3 is 2.48 bits per heavy atom. The van der Waals surface area contributed by atoms with E-state index in [-0.39, 0.29) is 17.5 Å². The Bertz CT molecular complexity index is 875. The zero-order valence-electron chi connectivity index (χ0n) is 14.5. The lowest BCUT2D eigenvalue weighted by Gasteiger charge is -2.51. The van der Waals surface area contributed by atoms with Gasteiger partial charge in [0, 0.05) is 24.0 Å². The molecule has 0 aromatic heterocycles. The molecule has 2 aromatic carbocycles. The molecule has 0 amide bonds. The van der Waals surface area contributed by atoms with E-state index in [0.29, 0.717) is 36.4 Å². The van der Waals surface area contributed by atoms with Crippen molar-refractivity contribution in [3.8, 4) is 34.1 Å². The Hall–Kier alpha value is -2.44. The van der Waals surface area contributed by atoms with Crippen LogP contribution in [0, 0.1) is 5.21 Å². The Kier molecular flexibility index (Phi) is 3.39. The molecule has 0 fully saturated rings. The van der Waals surface area contributed by atoms with Crippen LogP contribution in [0.25, 0.3) is 11.1 Å². The molecule has 0 spiro atoms. The Morgan fingerprint density at radius 1 is 1.08 bits per heavy atom. The van der Waals surface area contributed by atoms with Crippen molar-refractivity contribution < 1.29 is 24.3 Å². The molecular weight excluding hydrogens is 322 g/mol. The van der Waals surface area contributed by atoms with Gasteiger partial charge in [0.25, 0.3) is 0 Å². The van der Waals surface area contributed by atoms with Gasteiger partial charge in [-0.2, -0.15) is 0 Å². The number of quaternary nitrogens is 1. The second-order valence-electron chi connectivity index (χ2n) is 6.92.